The Labute approximate surface area is 234 Å². The van der Waals surface area contributed by atoms with Crippen LogP contribution in [0.3, 0.4) is 0 Å². The fraction of sp³-hybridized carbons (Fsp3) is 0. The third-order valence-corrected chi connectivity index (χ3v) is 9.43. The van der Waals surface area contributed by atoms with Gasteiger partial charge in [0.1, 0.15) is 5.58 Å². The molecule has 0 amide bonds. The summed E-state index contributed by atoms with van der Waals surface area (Å²) in [5, 5.41) is 9.96. The maximum Gasteiger partial charge on any atom is 0.154 e. The standard InChI is InChI=1S/C38H22OS/c1-2-10-24-21-25(18-17-23(24)9-1)35-27-11-3-5-13-29(27)36(30-14-6-4-12-28(30)35)26-19-20-33-32(22-26)38-37(39-33)31-15-7-8-16-34(31)40-38/h1-22H. The molecular formula is C38H22OS. The Morgan fingerprint density at radius 2 is 0.975 bits per heavy atom. The van der Waals surface area contributed by atoms with Gasteiger partial charge in [0, 0.05) is 15.5 Å². The summed E-state index contributed by atoms with van der Waals surface area (Å²) < 4.78 is 8.88. The van der Waals surface area contributed by atoms with E-state index >= 15 is 0 Å². The summed E-state index contributed by atoms with van der Waals surface area (Å²) in [6.07, 6.45) is 0. The normalized spacial score (nSPS) is 12.0. The monoisotopic (exact) mass is 526 g/mol. The molecule has 2 aromatic heterocycles. The van der Waals surface area contributed by atoms with Gasteiger partial charge in [-0.2, -0.15) is 0 Å². The number of hydrogen-bond acceptors (Lipinski definition) is 2. The second-order valence-corrected chi connectivity index (χ2v) is 11.5. The van der Waals surface area contributed by atoms with Crippen molar-refractivity contribution in [2.45, 2.75) is 0 Å². The van der Waals surface area contributed by atoms with Gasteiger partial charge in [-0.15, -0.1) is 11.3 Å². The predicted octanol–water partition coefficient (Wildman–Crippen LogP) is 11.6. The van der Waals surface area contributed by atoms with Crippen molar-refractivity contribution in [2.24, 2.45) is 0 Å². The highest BCUT2D eigenvalue weighted by Crippen LogP contribution is 2.46. The molecule has 9 aromatic rings. The first-order chi connectivity index (χ1) is 19.8. The average molecular weight is 527 g/mol. The molecule has 0 aliphatic carbocycles. The van der Waals surface area contributed by atoms with E-state index in [0.717, 1.165) is 11.2 Å². The molecule has 0 atom stereocenters. The number of rotatable bonds is 2. The summed E-state index contributed by atoms with van der Waals surface area (Å²) in [4.78, 5) is 0. The van der Waals surface area contributed by atoms with Crippen LogP contribution in [0.1, 0.15) is 0 Å². The zero-order chi connectivity index (χ0) is 26.2. The van der Waals surface area contributed by atoms with Crippen molar-refractivity contribution in [2.75, 3.05) is 0 Å². The molecule has 0 radical (unpaired) electrons. The second-order valence-electron chi connectivity index (χ2n) is 10.5. The molecule has 0 saturated carbocycles. The van der Waals surface area contributed by atoms with Crippen LogP contribution in [-0.2, 0) is 0 Å². The topological polar surface area (TPSA) is 13.1 Å². The van der Waals surface area contributed by atoms with Crippen LogP contribution in [0.2, 0.25) is 0 Å². The highest BCUT2D eigenvalue weighted by Gasteiger charge is 2.19. The van der Waals surface area contributed by atoms with Gasteiger partial charge >= 0.3 is 0 Å². The Morgan fingerprint density at radius 1 is 0.425 bits per heavy atom. The zero-order valence-corrected chi connectivity index (χ0v) is 22.3. The van der Waals surface area contributed by atoms with E-state index in [0.29, 0.717) is 0 Å². The Hall–Kier alpha value is -4.92. The van der Waals surface area contributed by atoms with E-state index in [1.807, 2.05) is 11.3 Å². The molecular weight excluding hydrogens is 504 g/mol. The first-order valence-electron chi connectivity index (χ1n) is 13.6. The number of benzene rings is 7. The van der Waals surface area contributed by atoms with Crippen LogP contribution < -0.4 is 0 Å². The predicted molar refractivity (Wildman–Crippen MR) is 172 cm³/mol. The van der Waals surface area contributed by atoms with Crippen molar-refractivity contribution < 1.29 is 4.42 Å². The first kappa shape index (κ1) is 22.0. The van der Waals surface area contributed by atoms with Gasteiger partial charge in [-0.1, -0.05) is 103 Å². The van der Waals surface area contributed by atoms with Crippen LogP contribution in [0.15, 0.2) is 138 Å². The van der Waals surface area contributed by atoms with Crippen molar-refractivity contribution in [3.63, 3.8) is 0 Å². The molecule has 0 saturated heterocycles. The molecule has 0 bridgehead atoms. The second kappa shape index (κ2) is 8.29. The molecule has 7 aromatic carbocycles. The van der Waals surface area contributed by atoms with Gasteiger partial charge in [0.15, 0.2) is 5.58 Å². The molecule has 0 aliphatic rings. The first-order valence-corrected chi connectivity index (χ1v) is 14.4. The van der Waals surface area contributed by atoms with Gasteiger partial charge in [0.25, 0.3) is 0 Å². The van der Waals surface area contributed by atoms with Crippen molar-refractivity contribution in [1.29, 1.82) is 0 Å². The highest BCUT2D eigenvalue weighted by atomic mass is 32.1. The summed E-state index contributed by atoms with van der Waals surface area (Å²) >= 11 is 1.82. The minimum absolute atomic E-state index is 0.942. The lowest BCUT2D eigenvalue weighted by molar-refractivity contribution is 0.673. The van der Waals surface area contributed by atoms with E-state index in [2.05, 4.69) is 133 Å². The number of furan rings is 1. The Kier molecular flexibility index (Phi) is 4.55. The molecule has 0 N–H and O–H groups in total. The lowest BCUT2D eigenvalue weighted by Gasteiger charge is -2.18. The molecule has 0 spiro atoms. The molecule has 0 fully saturated rings. The van der Waals surface area contributed by atoms with E-state index in [4.69, 9.17) is 4.42 Å². The molecule has 9 rings (SSSR count). The van der Waals surface area contributed by atoms with Crippen molar-refractivity contribution in [3.05, 3.63) is 133 Å². The maximum absolute atomic E-state index is 6.39. The summed E-state index contributed by atoms with van der Waals surface area (Å²) in [7, 11) is 0. The van der Waals surface area contributed by atoms with Crippen LogP contribution in [0.25, 0.3) is 85.9 Å². The Balaban J connectivity index is 1.37. The minimum atomic E-state index is 0.942. The Bertz CT molecular complexity index is 2380. The van der Waals surface area contributed by atoms with Crippen LogP contribution in [0.4, 0.5) is 0 Å². The van der Waals surface area contributed by atoms with Gasteiger partial charge in [-0.3, -0.25) is 0 Å². The van der Waals surface area contributed by atoms with Gasteiger partial charge in [-0.05, 0) is 84.9 Å². The SMILES string of the molecule is c1ccc2cc(-c3c4ccccc4c(-c4ccc5oc6c7ccccc7sc6c5c4)c4ccccc34)ccc2c1. The third-order valence-electron chi connectivity index (χ3n) is 8.24. The molecule has 40 heavy (non-hydrogen) atoms. The van der Waals surface area contributed by atoms with Crippen LogP contribution in [0, 0.1) is 0 Å². The average Bonchev–Trinajstić information content (AvgIpc) is 3.55. The highest BCUT2D eigenvalue weighted by molar-refractivity contribution is 7.26. The van der Waals surface area contributed by atoms with Crippen molar-refractivity contribution in [3.8, 4) is 22.3 Å². The van der Waals surface area contributed by atoms with Crippen molar-refractivity contribution in [1.82, 2.24) is 0 Å². The van der Waals surface area contributed by atoms with E-state index in [9.17, 15) is 0 Å². The van der Waals surface area contributed by atoms with Gasteiger partial charge in [0.05, 0.1) is 4.70 Å². The largest absolute Gasteiger partial charge is 0.454 e. The molecule has 0 unspecified atom stereocenters. The van der Waals surface area contributed by atoms with E-state index in [-0.39, 0.29) is 0 Å². The summed E-state index contributed by atoms with van der Waals surface area (Å²) in [5.74, 6) is 0. The molecule has 1 nitrogen and oxygen atoms in total. The molecule has 0 aliphatic heterocycles. The lowest BCUT2D eigenvalue weighted by Crippen LogP contribution is -1.91. The molecule has 186 valence electrons. The summed E-state index contributed by atoms with van der Waals surface area (Å²) in [6.45, 7) is 0. The number of thiophene rings is 1. The number of fused-ring (bicyclic) bond motifs is 8. The smallest absolute Gasteiger partial charge is 0.154 e. The van der Waals surface area contributed by atoms with Crippen LogP contribution in [0.5, 0.6) is 0 Å². The zero-order valence-electron chi connectivity index (χ0n) is 21.5. The van der Waals surface area contributed by atoms with Gasteiger partial charge in [-0.25, -0.2) is 0 Å². The number of hydrogen-bond donors (Lipinski definition) is 0. The fourth-order valence-corrected chi connectivity index (χ4v) is 7.61. The van der Waals surface area contributed by atoms with Crippen LogP contribution >= 0.6 is 11.3 Å². The van der Waals surface area contributed by atoms with Gasteiger partial charge in [0.2, 0.25) is 0 Å². The van der Waals surface area contributed by atoms with Crippen LogP contribution in [-0.4, -0.2) is 0 Å². The molecule has 2 heterocycles. The van der Waals surface area contributed by atoms with E-state index in [1.54, 1.807) is 0 Å². The maximum atomic E-state index is 6.39. The Morgan fingerprint density at radius 3 is 1.68 bits per heavy atom. The molecule has 2 heteroatoms. The fourth-order valence-electron chi connectivity index (χ4n) is 6.46. The van der Waals surface area contributed by atoms with Crippen molar-refractivity contribution >= 4 is 75.0 Å². The van der Waals surface area contributed by atoms with E-state index < -0.39 is 0 Å². The summed E-state index contributed by atoms with van der Waals surface area (Å²) in [6, 6.07) is 48.4. The third kappa shape index (κ3) is 3.08. The lowest BCUT2D eigenvalue weighted by atomic mass is 9.85. The summed E-state index contributed by atoms with van der Waals surface area (Å²) in [5.41, 5.74) is 6.95. The van der Waals surface area contributed by atoms with E-state index in [1.165, 1.54) is 74.7 Å². The minimum Gasteiger partial charge on any atom is -0.454 e. The quantitative estimate of drug-likeness (QED) is 0.204. The van der Waals surface area contributed by atoms with Gasteiger partial charge < -0.3 is 4.42 Å².